The molecule has 29 heavy (non-hydrogen) atoms. The first-order chi connectivity index (χ1) is 13.9. The summed E-state index contributed by atoms with van der Waals surface area (Å²) in [6.07, 6.45) is 1.97. The molecule has 0 bridgehead atoms. The number of Topliss-reactive ketones (excluding diaryl/α,β-unsaturated/α-hetero) is 1. The lowest BCUT2D eigenvalue weighted by atomic mass is 10.0. The van der Waals surface area contributed by atoms with E-state index >= 15 is 0 Å². The quantitative estimate of drug-likeness (QED) is 0.604. The molecular formula is C22H22N2O4S. The van der Waals surface area contributed by atoms with Crippen LogP contribution in [-0.4, -0.2) is 36.7 Å². The summed E-state index contributed by atoms with van der Waals surface area (Å²) in [6, 6.07) is 17.0. The Bertz CT molecular complexity index is 1130. The highest BCUT2D eigenvalue weighted by Crippen LogP contribution is 2.37. The van der Waals surface area contributed by atoms with Crippen molar-refractivity contribution >= 4 is 15.8 Å². The van der Waals surface area contributed by atoms with E-state index in [-0.39, 0.29) is 10.7 Å². The fraction of sp³-hybridized carbons (Fsp3) is 0.227. The van der Waals surface area contributed by atoms with Gasteiger partial charge in [0, 0.05) is 30.5 Å². The Morgan fingerprint density at radius 2 is 1.69 bits per heavy atom. The van der Waals surface area contributed by atoms with E-state index in [1.807, 2.05) is 42.6 Å². The van der Waals surface area contributed by atoms with Gasteiger partial charge in [-0.15, -0.1) is 0 Å². The average molecular weight is 410 g/mol. The molecule has 4 rings (SSSR count). The first-order valence-electron chi connectivity index (χ1n) is 9.33. The summed E-state index contributed by atoms with van der Waals surface area (Å²) >= 11 is 0. The number of ketones is 1. The molecule has 1 aliphatic rings. The van der Waals surface area contributed by atoms with Gasteiger partial charge >= 0.3 is 0 Å². The van der Waals surface area contributed by atoms with Crippen molar-refractivity contribution < 1.29 is 17.9 Å². The van der Waals surface area contributed by atoms with Crippen LogP contribution in [0.4, 0.5) is 0 Å². The second kappa shape index (κ2) is 7.50. The molecule has 0 radical (unpaired) electrons. The van der Waals surface area contributed by atoms with Crippen molar-refractivity contribution in [1.82, 2.24) is 8.87 Å². The number of fused-ring (bicyclic) bond motifs is 1. The van der Waals surface area contributed by atoms with Crippen LogP contribution in [0.2, 0.25) is 0 Å². The monoisotopic (exact) mass is 410 g/mol. The maximum Gasteiger partial charge on any atom is 0.244 e. The number of carbonyl (C=O) groups is 1. The van der Waals surface area contributed by atoms with Gasteiger partial charge in [-0.05, 0) is 48.9 Å². The molecule has 0 aliphatic carbocycles. The number of aromatic nitrogens is 1. The molecule has 150 valence electrons. The molecule has 6 nitrogen and oxygen atoms in total. The van der Waals surface area contributed by atoms with Crippen LogP contribution < -0.4 is 4.74 Å². The lowest BCUT2D eigenvalue weighted by Gasteiger charge is -2.36. The van der Waals surface area contributed by atoms with Crippen LogP contribution in [-0.2, 0) is 16.6 Å². The predicted octanol–water partition coefficient (Wildman–Crippen LogP) is 3.49. The Morgan fingerprint density at radius 3 is 2.31 bits per heavy atom. The van der Waals surface area contributed by atoms with Crippen molar-refractivity contribution in [2.45, 2.75) is 24.4 Å². The Balaban J connectivity index is 1.78. The standard InChI is InChI=1S/C22H22N2O4S/c1-16(25)17-7-11-20(12-8-17)29(26,27)24-15-14-23-13-3-4-21(23)22(24)18-5-9-19(28-2)10-6-18/h3-13,22H,14-15H2,1-2H3. The molecule has 2 aromatic carbocycles. The molecule has 0 amide bonds. The summed E-state index contributed by atoms with van der Waals surface area (Å²) in [5.41, 5.74) is 2.28. The van der Waals surface area contributed by atoms with E-state index in [0.29, 0.717) is 24.4 Å². The zero-order valence-electron chi connectivity index (χ0n) is 16.3. The summed E-state index contributed by atoms with van der Waals surface area (Å²) < 4.78 is 35.9. The van der Waals surface area contributed by atoms with Gasteiger partial charge in [0.1, 0.15) is 5.75 Å². The van der Waals surface area contributed by atoms with E-state index in [9.17, 15) is 13.2 Å². The highest BCUT2D eigenvalue weighted by Gasteiger charge is 2.37. The number of hydrogen-bond acceptors (Lipinski definition) is 4. The van der Waals surface area contributed by atoms with E-state index in [1.165, 1.54) is 23.4 Å². The second-order valence-electron chi connectivity index (χ2n) is 7.00. The van der Waals surface area contributed by atoms with Gasteiger partial charge in [-0.25, -0.2) is 8.42 Å². The summed E-state index contributed by atoms with van der Waals surface area (Å²) in [7, 11) is -2.16. The highest BCUT2D eigenvalue weighted by atomic mass is 32.2. The Kier molecular flexibility index (Phi) is 5.02. The minimum Gasteiger partial charge on any atom is -0.497 e. The molecule has 1 aliphatic heterocycles. The molecular weight excluding hydrogens is 388 g/mol. The van der Waals surface area contributed by atoms with E-state index in [0.717, 1.165) is 11.3 Å². The first kappa shape index (κ1) is 19.4. The lowest BCUT2D eigenvalue weighted by molar-refractivity contribution is 0.101. The van der Waals surface area contributed by atoms with E-state index < -0.39 is 16.1 Å². The van der Waals surface area contributed by atoms with Gasteiger partial charge in [0.2, 0.25) is 10.0 Å². The van der Waals surface area contributed by atoms with Gasteiger partial charge in [-0.1, -0.05) is 24.3 Å². The maximum atomic E-state index is 13.5. The number of nitrogens with zero attached hydrogens (tertiary/aromatic N) is 2. The van der Waals surface area contributed by atoms with Crippen LogP contribution >= 0.6 is 0 Å². The fourth-order valence-corrected chi connectivity index (χ4v) is 5.32. The molecule has 0 spiro atoms. The molecule has 1 atom stereocenters. The van der Waals surface area contributed by atoms with Crippen molar-refractivity contribution in [2.75, 3.05) is 13.7 Å². The normalized spacial score (nSPS) is 17.0. The van der Waals surface area contributed by atoms with E-state index in [2.05, 4.69) is 4.57 Å². The summed E-state index contributed by atoms with van der Waals surface area (Å²) in [5, 5.41) is 0. The lowest BCUT2D eigenvalue weighted by Crippen LogP contribution is -2.42. The number of benzene rings is 2. The SMILES string of the molecule is COc1ccc(C2c3cccn3CCN2S(=O)(=O)c2ccc(C(C)=O)cc2)cc1. The summed E-state index contributed by atoms with van der Waals surface area (Å²) in [6.45, 7) is 2.40. The molecule has 0 N–H and O–H groups in total. The minimum atomic E-state index is -3.76. The van der Waals surface area contributed by atoms with Gasteiger partial charge in [-0.3, -0.25) is 4.79 Å². The molecule has 7 heteroatoms. The van der Waals surface area contributed by atoms with Crippen molar-refractivity contribution in [1.29, 1.82) is 0 Å². The van der Waals surface area contributed by atoms with Crippen LogP contribution in [0.1, 0.15) is 34.6 Å². The topological polar surface area (TPSA) is 68.6 Å². The Morgan fingerprint density at radius 1 is 1.00 bits per heavy atom. The molecule has 2 heterocycles. The van der Waals surface area contributed by atoms with E-state index in [4.69, 9.17) is 4.74 Å². The molecule has 0 saturated heterocycles. The Hall–Kier alpha value is -2.90. The Labute approximate surface area is 170 Å². The van der Waals surface area contributed by atoms with Gasteiger partial charge in [0.15, 0.2) is 5.78 Å². The maximum absolute atomic E-state index is 13.5. The van der Waals surface area contributed by atoms with Gasteiger partial charge in [0.25, 0.3) is 0 Å². The smallest absolute Gasteiger partial charge is 0.244 e. The summed E-state index contributed by atoms with van der Waals surface area (Å²) in [5.74, 6) is 0.620. The van der Waals surface area contributed by atoms with Gasteiger partial charge < -0.3 is 9.30 Å². The van der Waals surface area contributed by atoms with Crippen LogP contribution in [0.25, 0.3) is 0 Å². The van der Waals surface area contributed by atoms with Crippen molar-refractivity contribution in [3.05, 3.63) is 83.7 Å². The second-order valence-corrected chi connectivity index (χ2v) is 8.89. The molecule has 3 aromatic rings. The zero-order valence-corrected chi connectivity index (χ0v) is 17.1. The third-order valence-corrected chi connectivity index (χ3v) is 7.17. The van der Waals surface area contributed by atoms with Crippen LogP contribution in [0.15, 0.2) is 71.8 Å². The summed E-state index contributed by atoms with van der Waals surface area (Å²) in [4.78, 5) is 11.7. The molecule has 0 fully saturated rings. The van der Waals surface area contributed by atoms with E-state index in [1.54, 1.807) is 19.2 Å². The van der Waals surface area contributed by atoms with Gasteiger partial charge in [0.05, 0.1) is 18.0 Å². The number of ether oxygens (including phenoxy) is 1. The van der Waals surface area contributed by atoms with Crippen LogP contribution in [0.3, 0.4) is 0 Å². The predicted molar refractivity (Wildman–Crippen MR) is 110 cm³/mol. The minimum absolute atomic E-state index is 0.0964. The first-order valence-corrected chi connectivity index (χ1v) is 10.8. The van der Waals surface area contributed by atoms with Crippen molar-refractivity contribution in [2.24, 2.45) is 0 Å². The third kappa shape index (κ3) is 3.47. The number of sulfonamides is 1. The number of hydrogen-bond donors (Lipinski definition) is 0. The molecule has 1 aromatic heterocycles. The largest absolute Gasteiger partial charge is 0.497 e. The average Bonchev–Trinajstić information content (AvgIpc) is 3.22. The van der Waals surface area contributed by atoms with Crippen LogP contribution in [0, 0.1) is 0 Å². The molecule has 1 unspecified atom stereocenters. The number of rotatable bonds is 5. The molecule has 0 saturated carbocycles. The zero-order chi connectivity index (χ0) is 20.6. The van der Waals surface area contributed by atoms with Crippen molar-refractivity contribution in [3.63, 3.8) is 0 Å². The number of methoxy groups -OCH3 is 1. The van der Waals surface area contributed by atoms with Crippen molar-refractivity contribution in [3.8, 4) is 5.75 Å². The fourth-order valence-electron chi connectivity index (χ4n) is 3.74. The highest BCUT2D eigenvalue weighted by molar-refractivity contribution is 7.89. The van der Waals surface area contributed by atoms with Crippen LogP contribution in [0.5, 0.6) is 5.75 Å². The third-order valence-electron chi connectivity index (χ3n) is 5.29. The number of carbonyl (C=O) groups excluding carboxylic acids is 1. The van der Waals surface area contributed by atoms with Gasteiger partial charge in [-0.2, -0.15) is 4.31 Å².